The van der Waals surface area contributed by atoms with Gasteiger partial charge in [0.2, 0.25) is 0 Å². The predicted molar refractivity (Wildman–Crippen MR) is 145 cm³/mol. The maximum Gasteiger partial charge on any atom is 0.264 e. The normalized spacial score (nSPS) is 21.7. The van der Waals surface area contributed by atoms with Crippen LogP contribution in [0.3, 0.4) is 0 Å². The lowest BCUT2D eigenvalue weighted by atomic mass is 9.79. The number of halogens is 1. The number of hydrogen-bond donors (Lipinski definition) is 1. The highest BCUT2D eigenvalue weighted by Crippen LogP contribution is 2.46. The number of ether oxygens (including phenoxy) is 1. The first-order chi connectivity index (χ1) is 16.1. The van der Waals surface area contributed by atoms with Gasteiger partial charge >= 0.3 is 0 Å². The molecule has 2 heterocycles. The molecule has 1 atom stereocenters. The number of benzene rings is 2. The van der Waals surface area contributed by atoms with Crippen molar-refractivity contribution >= 4 is 51.9 Å². The van der Waals surface area contributed by atoms with Crippen molar-refractivity contribution in [1.29, 1.82) is 0 Å². The van der Waals surface area contributed by atoms with Gasteiger partial charge in [-0.25, -0.2) is 4.99 Å². The summed E-state index contributed by atoms with van der Waals surface area (Å²) in [7, 11) is 1.68. The van der Waals surface area contributed by atoms with Crippen LogP contribution in [0.15, 0.2) is 40.2 Å². The summed E-state index contributed by atoms with van der Waals surface area (Å²) in [5.41, 5.74) is 5.25. The molecule has 1 unspecified atom stereocenters. The van der Waals surface area contributed by atoms with Crippen molar-refractivity contribution in [3.05, 3.63) is 56.9 Å². The SMILES string of the molecule is CCCN1c2cc(OC)c(/C=C3/SC(=Nc4cc(Cl)ccc4C)NC3=O)cc2C(C)CC1(C)C. The van der Waals surface area contributed by atoms with Crippen LogP contribution < -0.4 is 15.0 Å². The molecule has 0 aromatic heterocycles. The van der Waals surface area contributed by atoms with Crippen LogP contribution in [0, 0.1) is 6.92 Å². The first-order valence-electron chi connectivity index (χ1n) is 11.7. The number of aliphatic imine (C=N–C) groups is 1. The van der Waals surface area contributed by atoms with Crippen LogP contribution in [-0.2, 0) is 4.79 Å². The Morgan fingerprint density at radius 2 is 2.09 bits per heavy atom. The van der Waals surface area contributed by atoms with Crippen LogP contribution in [-0.4, -0.2) is 30.3 Å². The fourth-order valence-electron chi connectivity index (χ4n) is 4.90. The first-order valence-corrected chi connectivity index (χ1v) is 12.9. The number of carbonyl (C=O) groups excluding carboxylic acids is 1. The number of anilines is 1. The van der Waals surface area contributed by atoms with Crippen LogP contribution in [0.25, 0.3) is 6.08 Å². The second-order valence-corrected chi connectivity index (χ2v) is 11.1. The van der Waals surface area contributed by atoms with Gasteiger partial charge in [-0.3, -0.25) is 4.79 Å². The molecule has 0 spiro atoms. The molecule has 1 saturated heterocycles. The van der Waals surface area contributed by atoms with E-state index >= 15 is 0 Å². The van der Waals surface area contributed by atoms with Gasteiger partial charge in [-0.1, -0.05) is 31.5 Å². The number of carbonyl (C=O) groups is 1. The van der Waals surface area contributed by atoms with Crippen LogP contribution in [0.2, 0.25) is 5.02 Å². The average Bonchev–Trinajstić information content (AvgIpc) is 3.11. The van der Waals surface area contributed by atoms with Crippen LogP contribution >= 0.6 is 23.4 Å². The summed E-state index contributed by atoms with van der Waals surface area (Å²) in [5.74, 6) is 1.01. The van der Waals surface area contributed by atoms with Crippen molar-refractivity contribution in [3.8, 4) is 5.75 Å². The number of hydrogen-bond acceptors (Lipinski definition) is 5. The molecular formula is C27H32ClN3O2S. The van der Waals surface area contributed by atoms with E-state index < -0.39 is 0 Å². The average molecular weight is 498 g/mol. The van der Waals surface area contributed by atoms with Crippen molar-refractivity contribution < 1.29 is 9.53 Å². The van der Waals surface area contributed by atoms with Crippen molar-refractivity contribution in [2.75, 3.05) is 18.6 Å². The summed E-state index contributed by atoms with van der Waals surface area (Å²) >= 11 is 7.46. The number of methoxy groups -OCH3 is 1. The van der Waals surface area contributed by atoms with E-state index in [-0.39, 0.29) is 11.4 Å². The maximum absolute atomic E-state index is 12.8. The molecule has 1 fully saturated rings. The Kier molecular flexibility index (Phi) is 7.02. The van der Waals surface area contributed by atoms with Crippen molar-refractivity contribution in [2.24, 2.45) is 4.99 Å². The Hall–Kier alpha value is -2.44. The molecule has 0 bridgehead atoms. The van der Waals surface area contributed by atoms with Crippen molar-refractivity contribution in [3.63, 3.8) is 0 Å². The van der Waals surface area contributed by atoms with E-state index in [0.29, 0.717) is 21.0 Å². The number of amidine groups is 1. The molecule has 0 saturated carbocycles. The molecule has 2 aromatic carbocycles. The third-order valence-electron chi connectivity index (χ3n) is 6.52. The number of aryl methyl sites for hydroxylation is 1. The monoisotopic (exact) mass is 497 g/mol. The van der Waals surface area contributed by atoms with Gasteiger partial charge in [-0.15, -0.1) is 0 Å². The predicted octanol–water partition coefficient (Wildman–Crippen LogP) is 7.05. The molecule has 34 heavy (non-hydrogen) atoms. The summed E-state index contributed by atoms with van der Waals surface area (Å²) < 4.78 is 5.78. The molecule has 2 aliphatic rings. The van der Waals surface area contributed by atoms with E-state index in [0.717, 1.165) is 42.0 Å². The molecular weight excluding hydrogens is 466 g/mol. The highest BCUT2D eigenvalue weighted by atomic mass is 35.5. The fraction of sp³-hybridized carbons (Fsp3) is 0.407. The molecule has 180 valence electrons. The summed E-state index contributed by atoms with van der Waals surface area (Å²) in [6, 6.07) is 9.88. The standard InChI is InChI=1S/C27H32ClN3O2S/c1-7-10-31-22-14-23(33-6)18(11-20(22)17(3)15-27(31,4)5)12-24-25(32)30-26(34-24)29-21-13-19(28)9-8-16(21)2/h8-9,11-14,17H,7,10,15H2,1-6H3,(H,29,30,32)/b24-12+. The molecule has 0 aliphatic carbocycles. The third kappa shape index (κ3) is 4.84. The molecule has 1 N–H and O–H groups in total. The molecule has 2 aliphatic heterocycles. The van der Waals surface area contributed by atoms with Crippen LogP contribution in [0.4, 0.5) is 11.4 Å². The summed E-state index contributed by atoms with van der Waals surface area (Å²) in [4.78, 5) is 20.5. The zero-order chi connectivity index (χ0) is 24.6. The lowest BCUT2D eigenvalue weighted by Crippen LogP contribution is -2.48. The largest absolute Gasteiger partial charge is 0.496 e. The number of nitrogens with zero attached hydrogens (tertiary/aromatic N) is 2. The fourth-order valence-corrected chi connectivity index (χ4v) is 5.89. The smallest absolute Gasteiger partial charge is 0.264 e. The van der Waals surface area contributed by atoms with Gasteiger partial charge in [0.25, 0.3) is 5.91 Å². The number of fused-ring (bicyclic) bond motifs is 1. The van der Waals surface area contributed by atoms with Gasteiger partial charge in [0.05, 0.1) is 17.7 Å². The van der Waals surface area contributed by atoms with E-state index in [4.69, 9.17) is 16.3 Å². The minimum absolute atomic E-state index is 0.0818. The van der Waals surface area contributed by atoms with E-state index in [9.17, 15) is 4.79 Å². The van der Waals surface area contributed by atoms with Gasteiger partial charge in [0, 0.05) is 34.4 Å². The minimum atomic E-state index is -0.162. The highest BCUT2D eigenvalue weighted by molar-refractivity contribution is 8.18. The molecule has 0 radical (unpaired) electrons. The third-order valence-corrected chi connectivity index (χ3v) is 7.66. The van der Waals surface area contributed by atoms with E-state index in [1.165, 1.54) is 23.0 Å². The van der Waals surface area contributed by atoms with E-state index in [1.54, 1.807) is 13.2 Å². The summed E-state index contributed by atoms with van der Waals surface area (Å²) in [5, 5.41) is 4.03. The van der Waals surface area contributed by atoms with Gasteiger partial charge in [-0.05, 0) is 86.7 Å². The number of nitrogens with one attached hydrogen (secondary N) is 1. The van der Waals surface area contributed by atoms with E-state index in [1.807, 2.05) is 25.1 Å². The Labute approximate surface area is 211 Å². The second-order valence-electron chi connectivity index (χ2n) is 9.63. The quantitative estimate of drug-likeness (QED) is 0.449. The molecule has 4 rings (SSSR count). The summed E-state index contributed by atoms with van der Waals surface area (Å²) in [6.45, 7) is 12.1. The Morgan fingerprint density at radius 3 is 2.79 bits per heavy atom. The Balaban J connectivity index is 1.71. The maximum atomic E-state index is 12.8. The van der Waals surface area contributed by atoms with Crippen molar-refractivity contribution in [2.45, 2.75) is 58.9 Å². The number of thioether (sulfide) groups is 1. The lowest BCUT2D eigenvalue weighted by Gasteiger charge is -2.47. The lowest BCUT2D eigenvalue weighted by molar-refractivity contribution is -0.115. The minimum Gasteiger partial charge on any atom is -0.496 e. The highest BCUT2D eigenvalue weighted by Gasteiger charge is 2.36. The number of rotatable bonds is 5. The molecule has 1 amide bonds. The van der Waals surface area contributed by atoms with Crippen LogP contribution in [0.5, 0.6) is 5.75 Å². The number of amides is 1. The Morgan fingerprint density at radius 1 is 1.32 bits per heavy atom. The Bertz CT molecular complexity index is 1190. The van der Waals surface area contributed by atoms with Gasteiger partial charge in [0.1, 0.15) is 5.75 Å². The molecule has 5 nitrogen and oxygen atoms in total. The summed E-state index contributed by atoms with van der Waals surface area (Å²) in [6.07, 6.45) is 4.06. The zero-order valence-corrected chi connectivity index (χ0v) is 22.2. The van der Waals surface area contributed by atoms with Gasteiger partial charge in [-0.2, -0.15) is 0 Å². The zero-order valence-electron chi connectivity index (χ0n) is 20.7. The second kappa shape index (κ2) is 9.67. The van der Waals surface area contributed by atoms with Crippen LogP contribution in [0.1, 0.15) is 63.1 Å². The topological polar surface area (TPSA) is 53.9 Å². The molecule has 7 heteroatoms. The van der Waals surface area contributed by atoms with Crippen molar-refractivity contribution in [1.82, 2.24) is 5.32 Å². The van der Waals surface area contributed by atoms with Gasteiger partial charge < -0.3 is 15.0 Å². The molecule has 2 aromatic rings. The first kappa shape index (κ1) is 24.7. The van der Waals surface area contributed by atoms with E-state index in [2.05, 4.69) is 55.0 Å². The van der Waals surface area contributed by atoms with Gasteiger partial charge in [0.15, 0.2) is 5.17 Å².